The first-order valence-corrected chi connectivity index (χ1v) is 4.42. The number of ether oxygens (including phenoxy) is 1. The van der Waals surface area contributed by atoms with E-state index >= 15 is 0 Å². The van der Waals surface area contributed by atoms with Crippen LogP contribution < -0.4 is 10.5 Å². The van der Waals surface area contributed by atoms with Crippen molar-refractivity contribution in [3.05, 3.63) is 22.7 Å². The van der Waals surface area contributed by atoms with Crippen molar-refractivity contribution in [2.75, 3.05) is 13.7 Å². The van der Waals surface area contributed by atoms with Crippen LogP contribution in [0.5, 0.6) is 11.5 Å². The standard InChI is InChI=1S/C9H12ClNO3/c1-14-9-2-5(8(13)4-11)7(12)3-6(9)10/h2-3,8,12-13H,4,11H2,1H3. The Labute approximate surface area is 86.9 Å². The van der Waals surface area contributed by atoms with Crippen LogP contribution in [0, 0.1) is 0 Å². The van der Waals surface area contributed by atoms with Gasteiger partial charge in [0.25, 0.3) is 0 Å². The monoisotopic (exact) mass is 217 g/mol. The lowest BCUT2D eigenvalue weighted by Crippen LogP contribution is -2.11. The van der Waals surface area contributed by atoms with Gasteiger partial charge in [-0.1, -0.05) is 11.6 Å². The molecule has 78 valence electrons. The third-order valence-electron chi connectivity index (χ3n) is 1.88. The Hall–Kier alpha value is -0.970. The van der Waals surface area contributed by atoms with Crippen molar-refractivity contribution in [1.82, 2.24) is 0 Å². The zero-order valence-corrected chi connectivity index (χ0v) is 8.45. The molecule has 0 aromatic heterocycles. The topological polar surface area (TPSA) is 75.7 Å². The number of aliphatic hydroxyl groups is 1. The van der Waals surface area contributed by atoms with Crippen LogP contribution in [-0.4, -0.2) is 23.9 Å². The fourth-order valence-electron chi connectivity index (χ4n) is 1.11. The number of benzene rings is 1. The van der Waals surface area contributed by atoms with Crippen LogP contribution in [0.4, 0.5) is 0 Å². The average molecular weight is 218 g/mol. The highest BCUT2D eigenvalue weighted by molar-refractivity contribution is 6.32. The molecule has 0 heterocycles. The molecule has 0 radical (unpaired) electrons. The highest BCUT2D eigenvalue weighted by atomic mass is 35.5. The third-order valence-corrected chi connectivity index (χ3v) is 2.18. The fraction of sp³-hybridized carbons (Fsp3) is 0.333. The number of aromatic hydroxyl groups is 1. The van der Waals surface area contributed by atoms with E-state index in [0.29, 0.717) is 11.3 Å². The number of phenols is 1. The predicted molar refractivity (Wildman–Crippen MR) is 53.7 cm³/mol. The van der Waals surface area contributed by atoms with Crippen molar-refractivity contribution in [2.24, 2.45) is 5.73 Å². The molecule has 0 spiro atoms. The van der Waals surface area contributed by atoms with Gasteiger partial charge in [-0.15, -0.1) is 0 Å². The molecule has 1 unspecified atom stereocenters. The summed E-state index contributed by atoms with van der Waals surface area (Å²) in [5, 5.41) is 19.2. The summed E-state index contributed by atoms with van der Waals surface area (Å²) < 4.78 is 4.94. The lowest BCUT2D eigenvalue weighted by atomic mass is 10.1. The number of hydrogen-bond acceptors (Lipinski definition) is 4. The molecule has 0 saturated carbocycles. The lowest BCUT2D eigenvalue weighted by Gasteiger charge is -2.12. The number of rotatable bonds is 3. The first-order valence-electron chi connectivity index (χ1n) is 4.04. The molecule has 1 aromatic carbocycles. The summed E-state index contributed by atoms with van der Waals surface area (Å²) in [6.07, 6.45) is -0.916. The molecule has 1 atom stereocenters. The second-order valence-corrected chi connectivity index (χ2v) is 3.20. The van der Waals surface area contributed by atoms with Gasteiger partial charge in [-0.05, 0) is 6.07 Å². The molecule has 4 N–H and O–H groups in total. The maximum absolute atomic E-state index is 9.46. The molecule has 0 bridgehead atoms. The van der Waals surface area contributed by atoms with Gasteiger partial charge in [-0.25, -0.2) is 0 Å². The van der Waals surface area contributed by atoms with Crippen LogP contribution in [0.15, 0.2) is 12.1 Å². The Balaban J connectivity index is 3.17. The van der Waals surface area contributed by atoms with Gasteiger partial charge >= 0.3 is 0 Å². The molecular weight excluding hydrogens is 206 g/mol. The van der Waals surface area contributed by atoms with Gasteiger partial charge in [-0.2, -0.15) is 0 Å². The van der Waals surface area contributed by atoms with E-state index in [4.69, 9.17) is 22.1 Å². The quantitative estimate of drug-likeness (QED) is 0.707. The molecule has 5 heteroatoms. The van der Waals surface area contributed by atoms with Crippen molar-refractivity contribution in [3.8, 4) is 11.5 Å². The number of aliphatic hydroxyl groups excluding tert-OH is 1. The zero-order valence-electron chi connectivity index (χ0n) is 7.70. The normalized spacial score (nSPS) is 12.6. The van der Waals surface area contributed by atoms with Gasteiger partial charge in [0.2, 0.25) is 0 Å². The van der Waals surface area contributed by atoms with Crippen molar-refractivity contribution >= 4 is 11.6 Å². The van der Waals surface area contributed by atoms with Gasteiger partial charge in [-0.3, -0.25) is 0 Å². The maximum atomic E-state index is 9.46. The van der Waals surface area contributed by atoms with Crippen LogP contribution in [0.1, 0.15) is 11.7 Å². The minimum absolute atomic E-state index is 0.0261. The van der Waals surface area contributed by atoms with Gasteiger partial charge in [0.1, 0.15) is 11.5 Å². The second-order valence-electron chi connectivity index (χ2n) is 2.80. The van der Waals surface area contributed by atoms with Gasteiger partial charge in [0.15, 0.2) is 0 Å². The van der Waals surface area contributed by atoms with Crippen LogP contribution in [-0.2, 0) is 0 Å². The zero-order chi connectivity index (χ0) is 10.7. The van der Waals surface area contributed by atoms with Crippen LogP contribution in [0.2, 0.25) is 5.02 Å². The molecule has 0 aliphatic heterocycles. The van der Waals surface area contributed by atoms with Crippen LogP contribution >= 0.6 is 11.6 Å². The summed E-state index contributed by atoms with van der Waals surface area (Å²) in [6.45, 7) is 0.0261. The van der Waals surface area contributed by atoms with Crippen molar-refractivity contribution in [2.45, 2.75) is 6.10 Å². The first kappa shape index (κ1) is 11.1. The third kappa shape index (κ3) is 2.09. The molecule has 1 rings (SSSR count). The highest BCUT2D eigenvalue weighted by Gasteiger charge is 2.14. The number of nitrogens with two attached hydrogens (primary N) is 1. The van der Waals surface area contributed by atoms with Gasteiger partial charge < -0.3 is 20.7 Å². The van der Waals surface area contributed by atoms with E-state index in [1.165, 1.54) is 19.2 Å². The average Bonchev–Trinajstić information content (AvgIpc) is 2.17. The molecule has 0 fully saturated rings. The van der Waals surface area contributed by atoms with Crippen LogP contribution in [0.3, 0.4) is 0 Å². The minimum atomic E-state index is -0.916. The molecule has 14 heavy (non-hydrogen) atoms. The number of hydrogen-bond donors (Lipinski definition) is 3. The predicted octanol–water partition coefficient (Wildman–Crippen LogP) is 1.05. The lowest BCUT2D eigenvalue weighted by molar-refractivity contribution is 0.182. The van der Waals surface area contributed by atoms with Crippen molar-refractivity contribution in [3.63, 3.8) is 0 Å². The first-order chi connectivity index (χ1) is 6.60. The maximum Gasteiger partial charge on any atom is 0.138 e. The van der Waals surface area contributed by atoms with E-state index in [1.807, 2.05) is 0 Å². The summed E-state index contributed by atoms with van der Waals surface area (Å²) in [7, 11) is 1.46. The minimum Gasteiger partial charge on any atom is -0.508 e. The van der Waals surface area contributed by atoms with Gasteiger partial charge in [0, 0.05) is 18.2 Å². The summed E-state index contributed by atoms with van der Waals surface area (Å²) in [5.41, 5.74) is 5.58. The fourth-order valence-corrected chi connectivity index (χ4v) is 1.34. The largest absolute Gasteiger partial charge is 0.508 e. The number of halogens is 1. The molecular formula is C9H12ClNO3. The Bertz CT molecular complexity index is 330. The Morgan fingerprint density at radius 3 is 2.71 bits per heavy atom. The molecule has 0 aliphatic carbocycles. The number of phenolic OH excluding ortho intramolecular Hbond substituents is 1. The summed E-state index contributed by atoms with van der Waals surface area (Å²) in [5.74, 6) is 0.306. The van der Waals surface area contributed by atoms with Crippen molar-refractivity contribution in [1.29, 1.82) is 0 Å². The van der Waals surface area contributed by atoms with E-state index < -0.39 is 6.10 Å². The molecule has 0 aliphatic rings. The van der Waals surface area contributed by atoms with Crippen molar-refractivity contribution < 1.29 is 14.9 Å². The SMILES string of the molecule is COc1cc(C(O)CN)c(O)cc1Cl. The smallest absolute Gasteiger partial charge is 0.138 e. The Morgan fingerprint density at radius 1 is 1.57 bits per heavy atom. The highest BCUT2D eigenvalue weighted by Crippen LogP contribution is 2.34. The van der Waals surface area contributed by atoms with E-state index in [-0.39, 0.29) is 17.3 Å². The molecule has 0 saturated heterocycles. The second kappa shape index (κ2) is 4.50. The van der Waals surface area contributed by atoms with E-state index in [1.54, 1.807) is 0 Å². The summed E-state index contributed by atoms with van der Waals surface area (Å²) in [4.78, 5) is 0. The van der Waals surface area contributed by atoms with E-state index in [2.05, 4.69) is 0 Å². The van der Waals surface area contributed by atoms with Gasteiger partial charge in [0.05, 0.1) is 18.2 Å². The van der Waals surface area contributed by atoms with Crippen LogP contribution in [0.25, 0.3) is 0 Å². The van der Waals surface area contributed by atoms with E-state index in [0.717, 1.165) is 0 Å². The Kier molecular flexibility index (Phi) is 3.57. The molecule has 1 aromatic rings. The summed E-state index contributed by atoms with van der Waals surface area (Å²) >= 11 is 5.75. The Morgan fingerprint density at radius 2 is 2.21 bits per heavy atom. The number of methoxy groups -OCH3 is 1. The van der Waals surface area contributed by atoms with E-state index in [9.17, 15) is 10.2 Å². The molecule has 4 nitrogen and oxygen atoms in total. The summed E-state index contributed by atoms with van der Waals surface area (Å²) in [6, 6.07) is 2.78. The molecule has 0 amide bonds.